The lowest BCUT2D eigenvalue weighted by Crippen LogP contribution is -1.79. The van der Waals surface area contributed by atoms with Crippen molar-refractivity contribution in [3.05, 3.63) is 46.2 Å². The highest BCUT2D eigenvalue weighted by Gasteiger charge is 1.91. The minimum atomic E-state index is 0.936. The zero-order valence-corrected chi connectivity index (χ0v) is 8.66. The largest absolute Gasteiger partial charge is 0.245 e. The molecule has 2 aromatic rings. The first-order valence-electron chi connectivity index (χ1n) is 4.35. The molecule has 2 aromatic heterocycles. The Labute approximate surface area is 87.0 Å². The van der Waals surface area contributed by atoms with Crippen LogP contribution in [0, 0.1) is 6.92 Å². The number of nitrogens with zero attached hydrogens (tertiary/aromatic N) is 2. The third-order valence-corrected chi connectivity index (χ3v) is 2.75. The summed E-state index contributed by atoms with van der Waals surface area (Å²) in [7, 11) is 0. The van der Waals surface area contributed by atoms with E-state index in [2.05, 4.69) is 35.1 Å². The lowest BCUT2D eigenvalue weighted by atomic mass is 10.3. The fourth-order valence-corrected chi connectivity index (χ4v) is 1.89. The summed E-state index contributed by atoms with van der Waals surface area (Å²) in [6.07, 6.45) is 7.36. The molecule has 0 unspecified atom stereocenters. The number of aromatic nitrogens is 2. The zero-order valence-electron chi connectivity index (χ0n) is 7.84. The van der Waals surface area contributed by atoms with Crippen molar-refractivity contribution in [3.63, 3.8) is 0 Å². The second-order valence-corrected chi connectivity index (χ2v) is 4.24. The molecule has 0 bridgehead atoms. The molecule has 0 aliphatic carbocycles. The molecule has 0 aromatic carbocycles. The van der Waals surface area contributed by atoms with E-state index in [4.69, 9.17) is 0 Å². The first-order chi connectivity index (χ1) is 6.84. The van der Waals surface area contributed by atoms with Crippen molar-refractivity contribution in [3.8, 4) is 0 Å². The van der Waals surface area contributed by atoms with E-state index in [1.54, 1.807) is 23.9 Å². The fraction of sp³-hybridized carbons (Fsp3) is 0.0909. The summed E-state index contributed by atoms with van der Waals surface area (Å²) in [4.78, 5) is 10.5. The standard InChI is InChI=1S/C11H10N2S/c1-9-2-4-11(14-9)5-3-10-6-7-12-8-13-10/h2-8H,1H3/b5-3+. The SMILES string of the molecule is Cc1ccc(/C=C/c2ccncn2)s1. The van der Waals surface area contributed by atoms with Gasteiger partial charge in [-0.05, 0) is 37.3 Å². The molecule has 0 saturated carbocycles. The lowest BCUT2D eigenvalue weighted by Gasteiger charge is -1.88. The second kappa shape index (κ2) is 4.15. The van der Waals surface area contributed by atoms with Crippen LogP contribution < -0.4 is 0 Å². The van der Waals surface area contributed by atoms with Crippen molar-refractivity contribution in [2.45, 2.75) is 6.92 Å². The molecule has 2 rings (SSSR count). The predicted octanol–water partition coefficient (Wildman–Crippen LogP) is 3.02. The quantitative estimate of drug-likeness (QED) is 0.748. The average Bonchev–Trinajstić information content (AvgIpc) is 2.63. The summed E-state index contributed by atoms with van der Waals surface area (Å²) in [6, 6.07) is 6.11. The average molecular weight is 202 g/mol. The van der Waals surface area contributed by atoms with E-state index in [-0.39, 0.29) is 0 Å². The Balaban J connectivity index is 2.15. The smallest absolute Gasteiger partial charge is 0.115 e. The minimum Gasteiger partial charge on any atom is -0.245 e. The molecule has 0 saturated heterocycles. The Kier molecular flexibility index (Phi) is 2.70. The molecule has 3 heteroatoms. The van der Waals surface area contributed by atoms with Crippen LogP contribution in [0.3, 0.4) is 0 Å². The van der Waals surface area contributed by atoms with Gasteiger partial charge in [0.25, 0.3) is 0 Å². The second-order valence-electron chi connectivity index (χ2n) is 2.92. The van der Waals surface area contributed by atoms with Gasteiger partial charge >= 0.3 is 0 Å². The topological polar surface area (TPSA) is 25.8 Å². The first kappa shape index (κ1) is 9.09. The Bertz CT molecular complexity index is 432. The van der Waals surface area contributed by atoms with E-state index in [0.717, 1.165) is 5.69 Å². The van der Waals surface area contributed by atoms with Crippen LogP contribution >= 0.6 is 11.3 Å². The normalized spacial score (nSPS) is 10.9. The van der Waals surface area contributed by atoms with Gasteiger partial charge in [-0.2, -0.15) is 0 Å². The fourth-order valence-electron chi connectivity index (χ4n) is 1.11. The summed E-state index contributed by atoms with van der Waals surface area (Å²) in [6.45, 7) is 2.10. The highest BCUT2D eigenvalue weighted by molar-refractivity contribution is 7.12. The molecule has 0 spiro atoms. The van der Waals surface area contributed by atoms with Crippen LogP contribution in [0.5, 0.6) is 0 Å². The maximum Gasteiger partial charge on any atom is 0.115 e. The lowest BCUT2D eigenvalue weighted by molar-refractivity contribution is 1.15. The van der Waals surface area contributed by atoms with Gasteiger partial charge < -0.3 is 0 Å². The van der Waals surface area contributed by atoms with Crippen LogP contribution in [0.1, 0.15) is 15.4 Å². The first-order valence-corrected chi connectivity index (χ1v) is 5.17. The summed E-state index contributed by atoms with van der Waals surface area (Å²) in [5, 5.41) is 0. The highest BCUT2D eigenvalue weighted by atomic mass is 32.1. The molecule has 0 atom stereocenters. The van der Waals surface area contributed by atoms with Crippen LogP contribution in [0.15, 0.2) is 30.7 Å². The van der Waals surface area contributed by atoms with E-state index in [9.17, 15) is 0 Å². The van der Waals surface area contributed by atoms with Crippen molar-refractivity contribution in [2.24, 2.45) is 0 Å². The van der Waals surface area contributed by atoms with Crippen molar-refractivity contribution < 1.29 is 0 Å². The van der Waals surface area contributed by atoms with E-state index in [1.807, 2.05) is 12.1 Å². The van der Waals surface area contributed by atoms with Crippen molar-refractivity contribution in [1.82, 2.24) is 9.97 Å². The molecule has 0 amide bonds. The van der Waals surface area contributed by atoms with Gasteiger partial charge in [-0.25, -0.2) is 9.97 Å². The molecule has 0 aliphatic rings. The van der Waals surface area contributed by atoms with Gasteiger partial charge in [0.05, 0.1) is 5.69 Å². The van der Waals surface area contributed by atoms with Gasteiger partial charge in [-0.1, -0.05) is 0 Å². The number of hydrogen-bond acceptors (Lipinski definition) is 3. The maximum absolute atomic E-state index is 4.11. The monoisotopic (exact) mass is 202 g/mol. The Morgan fingerprint density at radius 2 is 2.14 bits per heavy atom. The van der Waals surface area contributed by atoms with Crippen molar-refractivity contribution in [2.75, 3.05) is 0 Å². The summed E-state index contributed by atoms with van der Waals surface area (Å²) >= 11 is 1.78. The zero-order chi connectivity index (χ0) is 9.80. The van der Waals surface area contributed by atoms with Gasteiger partial charge in [0.2, 0.25) is 0 Å². The molecule has 0 fully saturated rings. The summed E-state index contributed by atoms with van der Waals surface area (Å²) < 4.78 is 0. The van der Waals surface area contributed by atoms with Crippen molar-refractivity contribution in [1.29, 1.82) is 0 Å². The number of aryl methyl sites for hydroxylation is 1. The molecule has 0 radical (unpaired) electrons. The summed E-state index contributed by atoms with van der Waals surface area (Å²) in [5.74, 6) is 0. The Morgan fingerprint density at radius 1 is 1.21 bits per heavy atom. The van der Waals surface area contributed by atoms with Crippen LogP contribution in [-0.4, -0.2) is 9.97 Å². The molecule has 2 nitrogen and oxygen atoms in total. The number of thiophene rings is 1. The van der Waals surface area contributed by atoms with Gasteiger partial charge in [0.15, 0.2) is 0 Å². The molecule has 14 heavy (non-hydrogen) atoms. The molecular formula is C11H10N2S. The Morgan fingerprint density at radius 3 is 2.79 bits per heavy atom. The maximum atomic E-state index is 4.11. The van der Waals surface area contributed by atoms with E-state index in [1.165, 1.54) is 9.75 Å². The van der Waals surface area contributed by atoms with Crippen LogP contribution in [0.4, 0.5) is 0 Å². The molecular weight excluding hydrogens is 192 g/mol. The summed E-state index contributed by atoms with van der Waals surface area (Å²) in [5.41, 5.74) is 0.936. The van der Waals surface area contributed by atoms with Gasteiger partial charge in [0.1, 0.15) is 6.33 Å². The third-order valence-electron chi connectivity index (χ3n) is 1.78. The van der Waals surface area contributed by atoms with Crippen LogP contribution in [0.25, 0.3) is 12.2 Å². The van der Waals surface area contributed by atoms with E-state index in [0.29, 0.717) is 0 Å². The number of hydrogen-bond donors (Lipinski definition) is 0. The van der Waals surface area contributed by atoms with E-state index < -0.39 is 0 Å². The Hall–Kier alpha value is -1.48. The van der Waals surface area contributed by atoms with Gasteiger partial charge in [-0.15, -0.1) is 11.3 Å². The molecule has 70 valence electrons. The predicted molar refractivity (Wildman–Crippen MR) is 60.0 cm³/mol. The van der Waals surface area contributed by atoms with Crippen LogP contribution in [0.2, 0.25) is 0 Å². The van der Waals surface area contributed by atoms with Gasteiger partial charge in [0, 0.05) is 16.0 Å². The minimum absolute atomic E-state index is 0.936. The third kappa shape index (κ3) is 2.26. The van der Waals surface area contributed by atoms with Gasteiger partial charge in [-0.3, -0.25) is 0 Å². The number of rotatable bonds is 2. The molecule has 2 heterocycles. The molecule has 0 N–H and O–H groups in total. The highest BCUT2D eigenvalue weighted by Crippen LogP contribution is 2.17. The molecule has 0 aliphatic heterocycles. The van der Waals surface area contributed by atoms with E-state index >= 15 is 0 Å². The van der Waals surface area contributed by atoms with Crippen molar-refractivity contribution >= 4 is 23.5 Å². The van der Waals surface area contributed by atoms with Crippen LogP contribution in [-0.2, 0) is 0 Å².